The van der Waals surface area contributed by atoms with E-state index < -0.39 is 0 Å². The average molecular weight is 290 g/mol. The molecule has 2 aliphatic rings. The Morgan fingerprint density at radius 2 is 2.15 bits per heavy atom. The van der Waals surface area contributed by atoms with Gasteiger partial charge in [-0.25, -0.2) is 0 Å². The molecule has 0 radical (unpaired) electrons. The minimum absolute atomic E-state index is 0.213. The second-order valence-electron chi connectivity index (χ2n) is 5.57. The molecule has 20 heavy (non-hydrogen) atoms. The number of nitrogens with zero attached hydrogens (tertiary/aromatic N) is 1. The number of amides is 1. The monoisotopic (exact) mass is 290 g/mol. The van der Waals surface area contributed by atoms with Crippen LogP contribution in [0.25, 0.3) is 0 Å². The number of nitrogens with one attached hydrogen (secondary N) is 1. The van der Waals surface area contributed by atoms with E-state index in [1.54, 1.807) is 7.11 Å². The molecule has 3 rings (SSSR count). The molecule has 1 atom stereocenters. The van der Waals surface area contributed by atoms with Crippen molar-refractivity contribution in [3.05, 3.63) is 29.8 Å². The molecular weight excluding hydrogens is 272 g/mol. The number of hydrogen-bond acceptors (Lipinski definition) is 3. The van der Waals surface area contributed by atoms with E-state index in [1.165, 1.54) is 0 Å². The standard InChI is InChI=1S/C15H18N2O2S/c1-19-12-4-2-11(3-5-12)9-17-10-15(14(17)18)6-7-16-13(20)8-15/h2-5H,6-10H2,1H3,(H,16,20)/t15-/m0/s1. The lowest BCUT2D eigenvalue weighted by Crippen LogP contribution is -2.64. The zero-order valence-corrected chi connectivity index (χ0v) is 12.3. The zero-order chi connectivity index (χ0) is 14.2. The second kappa shape index (κ2) is 5.05. The smallest absolute Gasteiger partial charge is 0.231 e. The SMILES string of the molecule is COc1ccc(CN2C[C@@]3(CCNC(=S)C3)C2=O)cc1. The molecule has 1 amide bonds. The van der Waals surface area contributed by atoms with Gasteiger partial charge in [0.2, 0.25) is 5.91 Å². The van der Waals surface area contributed by atoms with Gasteiger partial charge in [0.1, 0.15) is 5.75 Å². The first-order valence-electron chi connectivity index (χ1n) is 6.82. The molecular formula is C15H18N2O2S. The quantitative estimate of drug-likeness (QED) is 0.680. The fourth-order valence-corrected chi connectivity index (χ4v) is 3.42. The first-order valence-corrected chi connectivity index (χ1v) is 7.23. The number of piperidine rings is 1. The van der Waals surface area contributed by atoms with Gasteiger partial charge < -0.3 is 15.0 Å². The molecule has 2 fully saturated rings. The number of thiocarbonyl (C=S) groups is 1. The lowest BCUT2D eigenvalue weighted by molar-refractivity contribution is -0.161. The van der Waals surface area contributed by atoms with Gasteiger partial charge in [-0.15, -0.1) is 0 Å². The van der Waals surface area contributed by atoms with Gasteiger partial charge in [-0.3, -0.25) is 4.79 Å². The maximum absolute atomic E-state index is 12.4. The van der Waals surface area contributed by atoms with Crippen molar-refractivity contribution < 1.29 is 9.53 Å². The Morgan fingerprint density at radius 1 is 1.40 bits per heavy atom. The van der Waals surface area contributed by atoms with Crippen molar-refractivity contribution >= 4 is 23.1 Å². The molecule has 4 nitrogen and oxygen atoms in total. The summed E-state index contributed by atoms with van der Waals surface area (Å²) in [5, 5.41) is 3.15. The van der Waals surface area contributed by atoms with E-state index in [1.807, 2.05) is 29.2 Å². The van der Waals surface area contributed by atoms with Crippen molar-refractivity contribution in [3.8, 4) is 5.75 Å². The first-order chi connectivity index (χ1) is 9.63. The number of rotatable bonds is 3. The second-order valence-corrected chi connectivity index (χ2v) is 6.06. The highest BCUT2D eigenvalue weighted by atomic mass is 32.1. The van der Waals surface area contributed by atoms with Gasteiger partial charge in [-0.05, 0) is 24.1 Å². The lowest BCUT2D eigenvalue weighted by atomic mass is 9.71. The number of ether oxygens (including phenoxy) is 1. The molecule has 2 saturated heterocycles. The Morgan fingerprint density at radius 3 is 2.75 bits per heavy atom. The number of methoxy groups -OCH3 is 1. The lowest BCUT2D eigenvalue weighted by Gasteiger charge is -2.51. The van der Waals surface area contributed by atoms with Crippen molar-refractivity contribution in [2.24, 2.45) is 5.41 Å². The van der Waals surface area contributed by atoms with E-state index in [0.717, 1.165) is 35.8 Å². The van der Waals surface area contributed by atoms with E-state index in [-0.39, 0.29) is 11.3 Å². The van der Waals surface area contributed by atoms with E-state index in [9.17, 15) is 4.79 Å². The van der Waals surface area contributed by atoms with Crippen LogP contribution in [0.4, 0.5) is 0 Å². The molecule has 0 aliphatic carbocycles. The summed E-state index contributed by atoms with van der Waals surface area (Å²) in [5.74, 6) is 1.08. The van der Waals surface area contributed by atoms with E-state index >= 15 is 0 Å². The number of carbonyl (C=O) groups is 1. The molecule has 106 valence electrons. The van der Waals surface area contributed by atoms with Crippen LogP contribution < -0.4 is 10.1 Å². The molecule has 2 heterocycles. The minimum Gasteiger partial charge on any atom is -0.497 e. The molecule has 0 aromatic heterocycles. The highest BCUT2D eigenvalue weighted by molar-refractivity contribution is 7.80. The molecule has 0 unspecified atom stereocenters. The van der Waals surface area contributed by atoms with E-state index in [0.29, 0.717) is 13.0 Å². The van der Waals surface area contributed by atoms with Crippen LogP contribution in [0.1, 0.15) is 18.4 Å². The maximum atomic E-state index is 12.4. The van der Waals surface area contributed by atoms with Gasteiger partial charge in [0, 0.05) is 26.1 Å². The van der Waals surface area contributed by atoms with Crippen molar-refractivity contribution in [1.29, 1.82) is 0 Å². The summed E-state index contributed by atoms with van der Waals surface area (Å²) in [6.07, 6.45) is 1.60. The van der Waals surface area contributed by atoms with E-state index in [4.69, 9.17) is 17.0 Å². The normalized spacial score (nSPS) is 25.4. The summed E-state index contributed by atoms with van der Waals surface area (Å²) in [6, 6.07) is 7.86. The summed E-state index contributed by atoms with van der Waals surface area (Å²) in [4.78, 5) is 15.2. The van der Waals surface area contributed by atoms with Crippen LogP contribution >= 0.6 is 12.2 Å². The van der Waals surface area contributed by atoms with Gasteiger partial charge in [-0.1, -0.05) is 24.4 Å². The van der Waals surface area contributed by atoms with Crippen LogP contribution in [-0.2, 0) is 11.3 Å². The molecule has 1 aromatic rings. The number of carbonyl (C=O) groups excluding carboxylic acids is 1. The highest BCUT2D eigenvalue weighted by Crippen LogP contribution is 2.41. The Hall–Kier alpha value is -1.62. The maximum Gasteiger partial charge on any atom is 0.231 e. The largest absolute Gasteiger partial charge is 0.497 e. The van der Waals surface area contributed by atoms with Gasteiger partial charge in [-0.2, -0.15) is 0 Å². The number of benzene rings is 1. The van der Waals surface area contributed by atoms with Crippen molar-refractivity contribution in [2.75, 3.05) is 20.2 Å². The zero-order valence-electron chi connectivity index (χ0n) is 11.5. The fourth-order valence-electron chi connectivity index (χ4n) is 3.04. The summed E-state index contributed by atoms with van der Waals surface area (Å²) in [7, 11) is 1.65. The van der Waals surface area contributed by atoms with Crippen molar-refractivity contribution in [2.45, 2.75) is 19.4 Å². The van der Waals surface area contributed by atoms with Crippen molar-refractivity contribution in [1.82, 2.24) is 10.2 Å². The Balaban J connectivity index is 1.63. The predicted molar refractivity (Wildman–Crippen MR) is 80.7 cm³/mol. The van der Waals surface area contributed by atoms with Crippen LogP contribution in [0.2, 0.25) is 0 Å². The topological polar surface area (TPSA) is 41.6 Å². The molecule has 0 bridgehead atoms. The molecule has 2 aliphatic heterocycles. The highest BCUT2D eigenvalue weighted by Gasteiger charge is 2.52. The van der Waals surface area contributed by atoms with Gasteiger partial charge in [0.15, 0.2) is 0 Å². The first kappa shape index (κ1) is 13.4. The third kappa shape index (κ3) is 2.26. The van der Waals surface area contributed by atoms with Crippen LogP contribution in [0.5, 0.6) is 5.75 Å². The Labute approximate surface area is 124 Å². The van der Waals surface area contributed by atoms with Crippen LogP contribution in [-0.4, -0.2) is 36.0 Å². The van der Waals surface area contributed by atoms with Crippen LogP contribution in [0.3, 0.4) is 0 Å². The molecule has 1 aromatic carbocycles. The predicted octanol–water partition coefficient (Wildman–Crippen LogP) is 1.73. The average Bonchev–Trinajstić information content (AvgIpc) is 2.47. The van der Waals surface area contributed by atoms with E-state index in [2.05, 4.69) is 5.32 Å². The summed E-state index contributed by atoms with van der Waals surface area (Å²) < 4.78 is 5.14. The minimum atomic E-state index is -0.213. The van der Waals surface area contributed by atoms with Crippen LogP contribution in [0, 0.1) is 5.41 Å². The fraction of sp³-hybridized carbons (Fsp3) is 0.467. The van der Waals surface area contributed by atoms with Gasteiger partial charge >= 0.3 is 0 Å². The third-order valence-electron chi connectivity index (χ3n) is 4.19. The molecule has 1 spiro atoms. The van der Waals surface area contributed by atoms with Gasteiger partial charge in [0.25, 0.3) is 0 Å². The van der Waals surface area contributed by atoms with Gasteiger partial charge in [0.05, 0.1) is 17.5 Å². The van der Waals surface area contributed by atoms with Crippen molar-refractivity contribution in [3.63, 3.8) is 0 Å². The summed E-state index contributed by atoms with van der Waals surface area (Å²) in [6.45, 7) is 2.31. The summed E-state index contributed by atoms with van der Waals surface area (Å²) >= 11 is 5.21. The Kier molecular flexibility index (Phi) is 3.38. The Bertz CT molecular complexity index is 543. The third-order valence-corrected chi connectivity index (χ3v) is 4.48. The number of β-lactam (4-membered cyclic amide) rings is 1. The molecule has 0 saturated carbocycles. The number of likely N-dealkylation sites (tertiary alicyclic amines) is 1. The molecule has 1 N–H and O–H groups in total. The van der Waals surface area contributed by atoms with Crippen LogP contribution in [0.15, 0.2) is 24.3 Å². The number of hydrogen-bond donors (Lipinski definition) is 1. The summed E-state index contributed by atoms with van der Waals surface area (Å²) in [5.41, 5.74) is 0.917. The molecule has 5 heteroatoms.